The molecule has 2 rings (SSSR count). The zero-order chi connectivity index (χ0) is 14.4. The molecule has 0 spiro atoms. The van der Waals surface area contributed by atoms with Gasteiger partial charge in [0, 0.05) is 18.1 Å². The maximum Gasteiger partial charge on any atom is 0.243 e. The lowest BCUT2D eigenvalue weighted by molar-refractivity contribution is -0.123. The van der Waals surface area contributed by atoms with Gasteiger partial charge >= 0.3 is 0 Å². The smallest absolute Gasteiger partial charge is 0.243 e. The van der Waals surface area contributed by atoms with Crippen molar-refractivity contribution < 1.29 is 4.79 Å². The molecule has 3 N–H and O–H groups in total. The molecule has 6 heteroatoms. The lowest BCUT2D eigenvalue weighted by Crippen LogP contribution is -2.53. The monoisotopic (exact) mass is 288 g/mol. The first-order valence-corrected chi connectivity index (χ1v) is 7.11. The minimum absolute atomic E-state index is 0.414. The van der Waals surface area contributed by atoms with Gasteiger partial charge in [-0.05, 0) is 12.6 Å². The number of hydrogen-bond donors (Lipinski definition) is 2. The summed E-state index contributed by atoms with van der Waals surface area (Å²) in [5, 5.41) is 3.81. The number of likely N-dealkylation sites (N-methyl/N-ethyl adjacent to an activating group) is 1. The van der Waals surface area contributed by atoms with Gasteiger partial charge in [0.1, 0.15) is 10.6 Å². The van der Waals surface area contributed by atoms with Crippen LogP contribution in [-0.4, -0.2) is 28.7 Å². The van der Waals surface area contributed by atoms with Crippen molar-refractivity contribution in [3.8, 4) is 0 Å². The Bertz CT molecular complexity index is 564. The van der Waals surface area contributed by atoms with Crippen LogP contribution in [-0.2, 0) is 10.3 Å². The summed E-state index contributed by atoms with van der Waals surface area (Å²) in [5.41, 5.74) is 5.54. The summed E-state index contributed by atoms with van der Waals surface area (Å²) in [6, 6.07) is 9.45. The Labute approximate surface area is 122 Å². The van der Waals surface area contributed by atoms with E-state index in [4.69, 9.17) is 5.73 Å². The third-order valence-electron chi connectivity index (χ3n) is 3.09. The normalized spacial score (nSPS) is 13.7. The number of thioether (sulfide) groups is 1. The summed E-state index contributed by atoms with van der Waals surface area (Å²) in [4.78, 5) is 20.2. The van der Waals surface area contributed by atoms with Gasteiger partial charge in [-0.2, -0.15) is 0 Å². The van der Waals surface area contributed by atoms with Crippen molar-refractivity contribution in [2.24, 2.45) is 5.73 Å². The van der Waals surface area contributed by atoms with Gasteiger partial charge in [-0.3, -0.25) is 9.78 Å². The first kappa shape index (κ1) is 14.5. The molecule has 1 atom stereocenters. The van der Waals surface area contributed by atoms with Crippen molar-refractivity contribution >= 4 is 17.7 Å². The van der Waals surface area contributed by atoms with E-state index in [2.05, 4.69) is 15.3 Å². The van der Waals surface area contributed by atoms with Gasteiger partial charge in [0.05, 0.1) is 6.20 Å². The molecule has 1 aromatic heterocycles. The second-order valence-electron chi connectivity index (χ2n) is 4.22. The summed E-state index contributed by atoms with van der Waals surface area (Å²) >= 11 is 1.44. The largest absolute Gasteiger partial charge is 0.368 e. The van der Waals surface area contributed by atoms with E-state index in [9.17, 15) is 4.79 Å². The molecule has 0 saturated carbocycles. The standard InChI is InChI=1S/C14H16N4OS/c1-16-14(13(15)19,11-5-3-2-4-6-11)10-20-12-9-17-7-8-18-12/h2-9,16H,10H2,1H3,(H2,15,19). The maximum atomic E-state index is 12.0. The number of nitrogens with one attached hydrogen (secondary N) is 1. The SMILES string of the molecule is CNC(CSc1cnccn1)(C(N)=O)c1ccccc1. The molecule has 0 saturated heterocycles. The van der Waals surface area contributed by atoms with Gasteiger partial charge in [0.15, 0.2) is 0 Å². The van der Waals surface area contributed by atoms with E-state index in [-0.39, 0.29) is 0 Å². The maximum absolute atomic E-state index is 12.0. The quantitative estimate of drug-likeness (QED) is 0.780. The molecule has 1 amide bonds. The Hall–Kier alpha value is -1.92. The van der Waals surface area contributed by atoms with E-state index >= 15 is 0 Å². The lowest BCUT2D eigenvalue weighted by Gasteiger charge is -2.30. The zero-order valence-electron chi connectivity index (χ0n) is 11.1. The lowest BCUT2D eigenvalue weighted by atomic mass is 9.91. The first-order valence-electron chi connectivity index (χ1n) is 6.12. The van der Waals surface area contributed by atoms with E-state index < -0.39 is 11.4 Å². The molecule has 5 nitrogen and oxygen atoms in total. The molecule has 1 heterocycles. The van der Waals surface area contributed by atoms with Crippen molar-refractivity contribution in [3.05, 3.63) is 54.5 Å². The Kier molecular flexibility index (Phi) is 4.70. The molecule has 1 aromatic carbocycles. The van der Waals surface area contributed by atoms with Crippen molar-refractivity contribution in [3.63, 3.8) is 0 Å². The van der Waals surface area contributed by atoms with Gasteiger partial charge in [-0.1, -0.05) is 30.3 Å². The zero-order valence-corrected chi connectivity index (χ0v) is 11.9. The number of aromatic nitrogens is 2. The number of rotatable bonds is 6. The minimum Gasteiger partial charge on any atom is -0.368 e. The number of hydrogen-bond acceptors (Lipinski definition) is 5. The fourth-order valence-corrected chi connectivity index (χ4v) is 2.99. The second kappa shape index (κ2) is 6.49. The van der Waals surface area contributed by atoms with Crippen LogP contribution in [0.2, 0.25) is 0 Å². The fourth-order valence-electron chi connectivity index (χ4n) is 1.90. The van der Waals surface area contributed by atoms with Gasteiger partial charge in [-0.15, -0.1) is 11.8 Å². The van der Waals surface area contributed by atoms with Gasteiger partial charge in [-0.25, -0.2) is 4.98 Å². The first-order chi connectivity index (χ1) is 9.69. The fraction of sp³-hybridized carbons (Fsp3) is 0.214. The van der Waals surface area contributed by atoms with E-state index in [0.717, 1.165) is 10.6 Å². The third kappa shape index (κ3) is 2.97. The minimum atomic E-state index is -0.927. The van der Waals surface area contributed by atoms with Crippen molar-refractivity contribution in [2.45, 2.75) is 10.6 Å². The molecule has 0 fully saturated rings. The molecule has 104 valence electrons. The van der Waals surface area contributed by atoms with Crippen LogP contribution in [0, 0.1) is 0 Å². The number of amides is 1. The molecule has 0 radical (unpaired) electrons. The molecule has 0 bridgehead atoms. The summed E-state index contributed by atoms with van der Waals surface area (Å²) in [6.07, 6.45) is 4.90. The number of nitrogens with zero attached hydrogens (tertiary/aromatic N) is 2. The number of carbonyl (C=O) groups is 1. The van der Waals surface area contributed by atoms with Crippen LogP contribution in [0.1, 0.15) is 5.56 Å². The summed E-state index contributed by atoms with van der Waals surface area (Å²) < 4.78 is 0. The number of carbonyl (C=O) groups excluding carboxylic acids is 1. The van der Waals surface area contributed by atoms with Crippen LogP contribution in [0.3, 0.4) is 0 Å². The highest BCUT2D eigenvalue weighted by Gasteiger charge is 2.37. The van der Waals surface area contributed by atoms with Crippen molar-refractivity contribution in [1.29, 1.82) is 0 Å². The topological polar surface area (TPSA) is 80.9 Å². The highest BCUT2D eigenvalue weighted by molar-refractivity contribution is 7.99. The molecular formula is C14H16N4OS. The summed E-state index contributed by atoms with van der Waals surface area (Å²) in [7, 11) is 1.73. The van der Waals surface area contributed by atoms with Crippen molar-refractivity contribution in [1.82, 2.24) is 15.3 Å². The highest BCUT2D eigenvalue weighted by Crippen LogP contribution is 2.28. The number of benzene rings is 1. The van der Waals surface area contributed by atoms with Gasteiger partial charge < -0.3 is 11.1 Å². The van der Waals surface area contributed by atoms with Gasteiger partial charge in [0.2, 0.25) is 5.91 Å². The highest BCUT2D eigenvalue weighted by atomic mass is 32.2. The molecule has 0 aliphatic heterocycles. The number of nitrogens with two attached hydrogens (primary N) is 1. The van der Waals surface area contributed by atoms with E-state index in [1.165, 1.54) is 11.8 Å². The molecule has 20 heavy (non-hydrogen) atoms. The van der Waals surface area contributed by atoms with Crippen LogP contribution >= 0.6 is 11.8 Å². The average molecular weight is 288 g/mol. The Morgan fingerprint density at radius 2 is 2.10 bits per heavy atom. The third-order valence-corrected chi connectivity index (χ3v) is 4.17. The molecule has 0 aliphatic rings. The van der Waals surface area contributed by atoms with Crippen LogP contribution in [0.25, 0.3) is 0 Å². The van der Waals surface area contributed by atoms with E-state index in [0.29, 0.717) is 5.75 Å². The average Bonchev–Trinajstić information content (AvgIpc) is 2.50. The van der Waals surface area contributed by atoms with Gasteiger partial charge in [0.25, 0.3) is 0 Å². The van der Waals surface area contributed by atoms with Crippen LogP contribution in [0.5, 0.6) is 0 Å². The summed E-state index contributed by atoms with van der Waals surface area (Å²) in [5.74, 6) is 0.0317. The number of primary amides is 1. The predicted molar refractivity (Wildman–Crippen MR) is 79.1 cm³/mol. The van der Waals surface area contributed by atoms with Crippen LogP contribution < -0.4 is 11.1 Å². The van der Waals surface area contributed by atoms with E-state index in [1.54, 1.807) is 25.6 Å². The van der Waals surface area contributed by atoms with Crippen LogP contribution in [0.15, 0.2) is 53.9 Å². The Morgan fingerprint density at radius 1 is 1.35 bits per heavy atom. The predicted octanol–water partition coefficient (Wildman–Crippen LogP) is 1.17. The van der Waals surface area contributed by atoms with Crippen LogP contribution in [0.4, 0.5) is 0 Å². The van der Waals surface area contributed by atoms with E-state index in [1.807, 2.05) is 30.3 Å². The summed E-state index contributed by atoms with van der Waals surface area (Å²) in [6.45, 7) is 0. The molecule has 1 unspecified atom stereocenters. The Morgan fingerprint density at radius 3 is 2.65 bits per heavy atom. The molecular weight excluding hydrogens is 272 g/mol. The molecule has 0 aliphatic carbocycles. The Balaban J connectivity index is 2.26. The molecule has 2 aromatic rings. The second-order valence-corrected chi connectivity index (χ2v) is 5.21. The van der Waals surface area contributed by atoms with Crippen molar-refractivity contribution in [2.75, 3.05) is 12.8 Å².